The summed E-state index contributed by atoms with van der Waals surface area (Å²) in [5, 5.41) is 270. The molecule has 8 aliphatic heterocycles. The van der Waals surface area contributed by atoms with Gasteiger partial charge in [0.15, 0.2) is 50.3 Å². The zero-order chi connectivity index (χ0) is 63.8. The van der Waals surface area contributed by atoms with E-state index < -0.39 is 292 Å². The van der Waals surface area contributed by atoms with Gasteiger partial charge in [0.05, 0.1) is 52.9 Å². The van der Waals surface area contributed by atoms with Crippen LogP contribution in [0.3, 0.4) is 0 Å². The minimum absolute atomic E-state index is 0.584. The molecule has 87 heavy (non-hydrogen) atoms. The second-order valence-corrected chi connectivity index (χ2v) is 22.0. The van der Waals surface area contributed by atoms with Gasteiger partial charge >= 0.3 is 0 Å². The second kappa shape index (κ2) is 30.6. The van der Waals surface area contributed by atoms with Gasteiger partial charge in [-0.1, -0.05) is 0 Å². The van der Waals surface area contributed by atoms with Crippen molar-refractivity contribution in [3.8, 4) is 0 Å². The first-order chi connectivity index (χ1) is 41.2. The summed E-state index contributed by atoms with van der Waals surface area (Å²) in [6.07, 6.45) is -79.4. The normalized spacial score (nSPS) is 53.7. The van der Waals surface area contributed by atoms with Crippen LogP contribution in [-0.4, -0.2) is 420 Å². The molecule has 8 rings (SSSR count). The minimum atomic E-state index is -2.41. The van der Waals surface area contributed by atoms with Gasteiger partial charge < -0.3 is 199 Å². The molecule has 0 saturated carbocycles. The van der Waals surface area contributed by atoms with Gasteiger partial charge in [-0.3, -0.25) is 0 Å². The van der Waals surface area contributed by atoms with Crippen LogP contribution < -0.4 is 0 Å². The van der Waals surface area contributed by atoms with Gasteiger partial charge in [0.2, 0.25) is 0 Å². The predicted octanol–water partition coefficient (Wildman–Crippen LogP) is -17.8. The van der Waals surface area contributed by atoms with Crippen LogP contribution in [0.5, 0.6) is 0 Å². The topological polar surface area (TPSA) is 644 Å². The molecular weight excluding hydrogens is 1200 g/mol. The Morgan fingerprint density at radius 3 is 0.816 bits per heavy atom. The molecule has 0 bridgehead atoms. The smallest absolute Gasteiger partial charge is 0.187 e. The summed E-state index contributed by atoms with van der Waals surface area (Å²) in [6, 6.07) is 0. The van der Waals surface area contributed by atoms with E-state index in [0.29, 0.717) is 0 Å². The summed E-state index contributed by atoms with van der Waals surface area (Å²) < 4.78 is 83.8. The van der Waals surface area contributed by atoms with Gasteiger partial charge in [0, 0.05) is 0 Å². The lowest BCUT2D eigenvalue weighted by Crippen LogP contribution is -2.69. The van der Waals surface area contributed by atoms with Crippen molar-refractivity contribution >= 4 is 0 Å². The van der Waals surface area contributed by atoms with Crippen LogP contribution >= 0.6 is 0 Å². The summed E-state index contributed by atoms with van der Waals surface area (Å²) in [7, 11) is 0. The summed E-state index contributed by atoms with van der Waals surface area (Å²) in [6.45, 7) is -7.70. The lowest BCUT2D eigenvalue weighted by atomic mass is 9.95. The van der Waals surface area contributed by atoms with Gasteiger partial charge in [-0.2, -0.15) is 0 Å². The summed E-state index contributed by atoms with van der Waals surface area (Å²) in [5.74, 6) is 0. The van der Waals surface area contributed by atoms with Crippen molar-refractivity contribution in [2.24, 2.45) is 0 Å². The fourth-order valence-corrected chi connectivity index (χ4v) is 11.1. The van der Waals surface area contributed by atoms with Crippen molar-refractivity contribution in [2.45, 2.75) is 240 Å². The number of hydrogen-bond donors (Lipinski definition) is 25. The number of aliphatic hydroxyl groups excluding tert-OH is 25. The molecule has 8 saturated heterocycles. The van der Waals surface area contributed by atoms with Crippen LogP contribution in [0.25, 0.3) is 0 Å². The highest BCUT2D eigenvalue weighted by molar-refractivity contribution is 5.01. The average molecular weight is 1290 g/mol. The quantitative estimate of drug-likeness (QED) is 0.0507. The molecule has 0 radical (unpaired) electrons. The Hall–Kier alpha value is -1.60. The van der Waals surface area contributed by atoms with Gasteiger partial charge in [-0.25, -0.2) is 0 Å². The maximum atomic E-state index is 12.0. The van der Waals surface area contributed by atoms with E-state index in [2.05, 4.69) is 0 Å². The first kappa shape index (κ1) is 71.3. The molecule has 508 valence electrons. The van der Waals surface area contributed by atoms with Crippen LogP contribution in [0, 0.1) is 0 Å². The molecule has 0 amide bonds. The summed E-state index contributed by atoms with van der Waals surface area (Å²) >= 11 is 0. The Morgan fingerprint density at radius 2 is 0.494 bits per heavy atom. The summed E-state index contributed by atoms with van der Waals surface area (Å²) in [5.41, 5.74) is 0. The highest BCUT2D eigenvalue weighted by Crippen LogP contribution is 2.38. The molecule has 0 aromatic carbocycles. The maximum Gasteiger partial charge on any atom is 0.187 e. The van der Waals surface area contributed by atoms with Crippen LogP contribution in [0.2, 0.25) is 0 Å². The lowest BCUT2D eigenvalue weighted by molar-refractivity contribution is -0.401. The third-order valence-corrected chi connectivity index (χ3v) is 16.2. The van der Waals surface area contributed by atoms with Gasteiger partial charge in [0.25, 0.3) is 0 Å². The molecule has 0 aromatic heterocycles. The molecule has 8 aliphatic rings. The largest absolute Gasteiger partial charge is 0.394 e. The number of aliphatic hydroxyl groups is 25. The van der Waals surface area contributed by atoms with Crippen LogP contribution in [0.4, 0.5) is 0 Å². The lowest BCUT2D eigenvalue weighted by Gasteiger charge is -2.50. The van der Waals surface area contributed by atoms with E-state index >= 15 is 0 Å². The molecule has 40 heteroatoms. The molecule has 25 N–H and O–H groups in total. The molecule has 0 aromatic rings. The van der Waals surface area contributed by atoms with Crippen molar-refractivity contribution < 1.29 is 199 Å². The highest BCUT2D eigenvalue weighted by atomic mass is 16.8. The predicted molar refractivity (Wildman–Crippen MR) is 258 cm³/mol. The fourth-order valence-electron chi connectivity index (χ4n) is 11.1. The van der Waals surface area contributed by atoms with E-state index in [1.807, 2.05) is 0 Å². The third-order valence-electron chi connectivity index (χ3n) is 16.2. The van der Waals surface area contributed by atoms with E-state index in [1.54, 1.807) is 0 Å². The van der Waals surface area contributed by atoms with Crippen molar-refractivity contribution in [3.63, 3.8) is 0 Å². The third kappa shape index (κ3) is 14.9. The Bertz CT molecular complexity index is 2080. The van der Waals surface area contributed by atoms with E-state index in [1.165, 1.54) is 0 Å². The van der Waals surface area contributed by atoms with Gasteiger partial charge in [-0.05, 0) is 0 Å². The van der Waals surface area contributed by atoms with Crippen molar-refractivity contribution in [1.82, 2.24) is 0 Å². The van der Waals surface area contributed by atoms with E-state index in [4.69, 9.17) is 71.1 Å². The Balaban J connectivity index is 1.02. The maximum absolute atomic E-state index is 12.0. The van der Waals surface area contributed by atoms with E-state index in [-0.39, 0.29) is 0 Å². The Morgan fingerprint density at radius 1 is 0.241 bits per heavy atom. The van der Waals surface area contributed by atoms with Crippen LogP contribution in [0.15, 0.2) is 0 Å². The molecule has 0 aliphatic carbocycles. The molecule has 0 spiro atoms. The highest BCUT2D eigenvalue weighted by Gasteiger charge is 2.59. The molecule has 0 unspecified atom stereocenters. The monoisotopic (exact) mass is 1280 g/mol. The zero-order valence-corrected chi connectivity index (χ0v) is 45.5. The average Bonchev–Trinajstić information content (AvgIpc) is 1.47. The van der Waals surface area contributed by atoms with Crippen LogP contribution in [0.1, 0.15) is 0 Å². The number of rotatable bonds is 21. The van der Waals surface area contributed by atoms with Crippen molar-refractivity contribution in [2.75, 3.05) is 52.9 Å². The minimum Gasteiger partial charge on any atom is -0.394 e. The summed E-state index contributed by atoms with van der Waals surface area (Å²) in [4.78, 5) is 0. The zero-order valence-electron chi connectivity index (χ0n) is 45.5. The molecule has 8 heterocycles. The molecule has 8 fully saturated rings. The SMILES string of the molecule is OC[C@H]1O[C@@H](O[C@H]2[C@@H](O)[C@@H](CO)O[C@@H](O[C@H]3[C@@H](O)[C@@H](CO[C@@H]4OC[C@H](O)[C@H](O)[C@H]4O)O[C@@H](O[C@H]4[C@@H](O)[C@@H](CO)O[C@@H](O[C@H]5[C@@H](O)[C@@H](CO)O[C@@H](O[C@H]6[C@@H](O)[C@@H](CO)O[C@@H](O[C@@H]7[C@@H](O)[C@H](O)O[C@H](CO)[C@@H]7O)[C@@H]6O)[C@@H]5O)[C@@H]4O)[C@@H]3O)[C@@H]2O)[C@H](O)[C@@H](O)[C@H]1O. The second-order valence-electron chi connectivity index (χ2n) is 22.0. The fraction of sp³-hybridized carbons (Fsp3) is 1.00. The first-order valence-electron chi connectivity index (χ1n) is 27.6. The van der Waals surface area contributed by atoms with Crippen molar-refractivity contribution in [1.29, 1.82) is 0 Å². The molecule has 39 atom stereocenters. The van der Waals surface area contributed by atoms with Crippen LogP contribution in [-0.2, 0) is 71.1 Å². The van der Waals surface area contributed by atoms with Crippen molar-refractivity contribution in [3.05, 3.63) is 0 Å². The first-order valence-corrected chi connectivity index (χ1v) is 27.6. The molecular formula is C47H80O40. The number of ether oxygens (including phenoxy) is 15. The van der Waals surface area contributed by atoms with Gasteiger partial charge in [-0.15, -0.1) is 0 Å². The number of hydrogen-bond acceptors (Lipinski definition) is 40. The van der Waals surface area contributed by atoms with E-state index in [0.717, 1.165) is 0 Å². The standard InChI is InChI=1S/C47H80O40/c48-1-10-18(56)25(63)27(65)42(76-10)83-35-20(58)12(3-50)80-46(29(35)67)87-39-24(62)16(8-74-41-26(64)17(55)9(54)7-73-41)81-47(33(39)71)86-38-23(61)15(6-53)79-45(32(38)70)85-37-22(60)14(5-52)78-44(31(37)69)84-36-21(59)13(4-51)77-43(30(36)68)82-34-19(57)11(2-49)75-40(72)28(34)66/h9-72H,1-8H2/t9-,10+,11+,12+,13+,14+,15+,16+,17-,18-,19-,20-,21-,22-,23-,24-,25-,26+,27+,28+,29+,30+,31+,32+,33+,34-,35-,36-,37-,38-,39-,40+,41-,42-,43-,44-,45-,46-,47-/m0/s1. The Kier molecular flexibility index (Phi) is 25.1. The Labute approximate surface area is 490 Å². The van der Waals surface area contributed by atoms with E-state index in [9.17, 15) is 128 Å². The van der Waals surface area contributed by atoms with Gasteiger partial charge in [0.1, 0.15) is 189 Å². The molecule has 40 nitrogen and oxygen atoms in total.